The van der Waals surface area contributed by atoms with Gasteiger partial charge in [0.2, 0.25) is 5.91 Å². The van der Waals surface area contributed by atoms with Crippen molar-refractivity contribution in [2.45, 2.75) is 45.6 Å². The average molecular weight is 512 g/mol. The lowest BCUT2D eigenvalue weighted by atomic mass is 10.1. The highest BCUT2D eigenvalue weighted by Crippen LogP contribution is 2.38. The van der Waals surface area contributed by atoms with E-state index in [2.05, 4.69) is 48.7 Å². The van der Waals surface area contributed by atoms with Crippen molar-refractivity contribution in [3.63, 3.8) is 0 Å². The molecular formula is C31H33N3O4. The first-order valence-corrected chi connectivity index (χ1v) is 13.4. The molecule has 0 aliphatic carbocycles. The van der Waals surface area contributed by atoms with Crippen molar-refractivity contribution in [1.29, 1.82) is 0 Å². The Hall–Kier alpha value is -4.00. The maximum Gasteiger partial charge on any atom is 0.227 e. The number of hydrogen-bond donors (Lipinski definition) is 0. The van der Waals surface area contributed by atoms with Gasteiger partial charge in [0, 0.05) is 37.2 Å². The van der Waals surface area contributed by atoms with E-state index in [0.29, 0.717) is 38.5 Å². The van der Waals surface area contributed by atoms with Crippen molar-refractivity contribution in [3.05, 3.63) is 77.6 Å². The van der Waals surface area contributed by atoms with E-state index < -0.39 is 0 Å². The van der Waals surface area contributed by atoms with Gasteiger partial charge in [-0.25, -0.2) is 4.98 Å². The summed E-state index contributed by atoms with van der Waals surface area (Å²) in [6, 6.07) is 20.3. The molecule has 1 fully saturated rings. The first-order valence-electron chi connectivity index (χ1n) is 13.4. The summed E-state index contributed by atoms with van der Waals surface area (Å²) in [5.74, 6) is 3.48. The molecule has 7 nitrogen and oxygen atoms in total. The molecule has 1 atom stereocenters. The summed E-state index contributed by atoms with van der Waals surface area (Å²) in [4.78, 5) is 20.0. The second-order valence-corrected chi connectivity index (χ2v) is 10.2. The zero-order valence-electron chi connectivity index (χ0n) is 22.0. The molecule has 2 aliphatic rings. The van der Waals surface area contributed by atoms with E-state index >= 15 is 0 Å². The van der Waals surface area contributed by atoms with Gasteiger partial charge in [-0.2, -0.15) is 0 Å². The highest BCUT2D eigenvalue weighted by molar-refractivity contribution is 5.97. The van der Waals surface area contributed by atoms with Crippen LogP contribution in [0.4, 0.5) is 5.69 Å². The van der Waals surface area contributed by atoms with Gasteiger partial charge in [0.25, 0.3) is 0 Å². The van der Waals surface area contributed by atoms with E-state index in [9.17, 15) is 4.79 Å². The predicted molar refractivity (Wildman–Crippen MR) is 148 cm³/mol. The summed E-state index contributed by atoms with van der Waals surface area (Å²) < 4.78 is 19.7. The van der Waals surface area contributed by atoms with Crippen LogP contribution in [0, 0.1) is 13.8 Å². The van der Waals surface area contributed by atoms with Crippen molar-refractivity contribution < 1.29 is 19.0 Å². The third-order valence-electron chi connectivity index (χ3n) is 7.38. The molecule has 0 N–H and O–H groups in total. The molecule has 0 saturated carbocycles. The van der Waals surface area contributed by atoms with E-state index in [0.717, 1.165) is 53.4 Å². The van der Waals surface area contributed by atoms with Gasteiger partial charge in [-0.15, -0.1) is 0 Å². The van der Waals surface area contributed by atoms with Crippen LogP contribution < -0.4 is 19.1 Å². The Balaban J connectivity index is 1.16. The molecule has 7 heteroatoms. The van der Waals surface area contributed by atoms with Crippen LogP contribution in [0.5, 0.6) is 17.2 Å². The summed E-state index contributed by atoms with van der Waals surface area (Å²) in [5.41, 5.74) is 5.34. The molecule has 3 heterocycles. The number of carbonyl (C=O) groups excluding carboxylic acids is 1. The number of fused-ring (bicyclic) bond motifs is 2. The zero-order chi connectivity index (χ0) is 26.1. The maximum atomic E-state index is 13.1. The number of aryl methyl sites for hydroxylation is 3. The van der Waals surface area contributed by atoms with Gasteiger partial charge < -0.3 is 23.7 Å². The predicted octanol–water partition coefficient (Wildman–Crippen LogP) is 5.80. The third kappa shape index (κ3) is 4.80. The standard InChI is InChI=1S/C31H33N3O4/c1-21-9-11-27(22(2)17-21)36-14-6-5-13-33-26-8-4-3-7-25(26)32-31(33)23-18-30(35)34(20-23)24-10-12-28-29(19-24)38-16-15-37-28/h3-4,7-12,17,19,23H,5-6,13-16,18,20H2,1-2H3. The van der Waals surface area contributed by atoms with E-state index in [-0.39, 0.29) is 11.8 Å². The fourth-order valence-electron chi connectivity index (χ4n) is 5.49. The molecule has 0 bridgehead atoms. The normalized spacial score (nSPS) is 16.8. The second kappa shape index (κ2) is 10.4. The van der Waals surface area contributed by atoms with Gasteiger partial charge in [0.1, 0.15) is 24.8 Å². The third-order valence-corrected chi connectivity index (χ3v) is 7.38. The summed E-state index contributed by atoms with van der Waals surface area (Å²) in [6.45, 7) is 7.35. The van der Waals surface area contributed by atoms with E-state index in [1.165, 1.54) is 11.1 Å². The SMILES string of the molecule is Cc1ccc(OCCCCn2c(C3CC(=O)N(c4ccc5c(c4)OCCO5)C3)nc3ccccc32)c(C)c1. The maximum absolute atomic E-state index is 13.1. The van der Waals surface area contributed by atoms with Crippen molar-refractivity contribution in [3.8, 4) is 17.2 Å². The van der Waals surface area contributed by atoms with Crippen LogP contribution in [0.15, 0.2) is 60.7 Å². The Kier molecular flexibility index (Phi) is 6.66. The highest BCUT2D eigenvalue weighted by atomic mass is 16.6. The Morgan fingerprint density at radius 1 is 0.974 bits per heavy atom. The number of amides is 1. The molecule has 0 spiro atoms. The van der Waals surface area contributed by atoms with Crippen LogP contribution in [0.1, 0.15) is 42.1 Å². The molecule has 1 saturated heterocycles. The number of carbonyl (C=O) groups is 1. The summed E-state index contributed by atoms with van der Waals surface area (Å²) >= 11 is 0. The Morgan fingerprint density at radius 3 is 2.68 bits per heavy atom. The summed E-state index contributed by atoms with van der Waals surface area (Å²) in [6.07, 6.45) is 2.34. The number of para-hydroxylation sites is 2. The van der Waals surface area contributed by atoms with Crippen LogP contribution in [0.2, 0.25) is 0 Å². The molecule has 0 radical (unpaired) electrons. The van der Waals surface area contributed by atoms with Crippen molar-refractivity contribution in [2.75, 3.05) is 31.3 Å². The minimum Gasteiger partial charge on any atom is -0.493 e. The van der Waals surface area contributed by atoms with Gasteiger partial charge in [0.15, 0.2) is 11.5 Å². The van der Waals surface area contributed by atoms with Crippen molar-refractivity contribution in [2.24, 2.45) is 0 Å². The van der Waals surface area contributed by atoms with Crippen LogP contribution in [-0.4, -0.2) is 41.8 Å². The quantitative estimate of drug-likeness (QED) is 0.280. The number of unbranched alkanes of at least 4 members (excludes halogenated alkanes) is 1. The number of aromatic nitrogens is 2. The largest absolute Gasteiger partial charge is 0.493 e. The number of hydrogen-bond acceptors (Lipinski definition) is 5. The minimum atomic E-state index is 0.0227. The number of anilines is 1. The Labute approximate surface area is 222 Å². The van der Waals surface area contributed by atoms with Crippen LogP contribution in [-0.2, 0) is 11.3 Å². The van der Waals surface area contributed by atoms with Gasteiger partial charge in [-0.1, -0.05) is 29.8 Å². The van der Waals surface area contributed by atoms with Gasteiger partial charge in [-0.3, -0.25) is 4.79 Å². The molecule has 3 aromatic carbocycles. The number of benzene rings is 3. The van der Waals surface area contributed by atoms with Crippen LogP contribution in [0.3, 0.4) is 0 Å². The van der Waals surface area contributed by atoms with Gasteiger partial charge in [0.05, 0.1) is 17.6 Å². The monoisotopic (exact) mass is 511 g/mol. The van der Waals surface area contributed by atoms with Crippen molar-refractivity contribution in [1.82, 2.24) is 9.55 Å². The second-order valence-electron chi connectivity index (χ2n) is 10.2. The molecule has 4 aromatic rings. The van der Waals surface area contributed by atoms with Gasteiger partial charge >= 0.3 is 0 Å². The number of rotatable bonds is 8. The number of nitrogens with zero attached hydrogens (tertiary/aromatic N) is 3. The fourth-order valence-corrected chi connectivity index (χ4v) is 5.49. The molecular weight excluding hydrogens is 478 g/mol. The first kappa shape index (κ1) is 24.3. The van der Waals surface area contributed by atoms with Crippen LogP contribution in [0.25, 0.3) is 11.0 Å². The van der Waals surface area contributed by atoms with E-state index in [4.69, 9.17) is 19.2 Å². The van der Waals surface area contributed by atoms with Crippen molar-refractivity contribution >= 4 is 22.6 Å². The summed E-state index contributed by atoms with van der Waals surface area (Å²) in [7, 11) is 0. The number of ether oxygens (including phenoxy) is 3. The fraction of sp³-hybridized carbons (Fsp3) is 0.355. The van der Waals surface area contributed by atoms with Crippen LogP contribution >= 0.6 is 0 Å². The zero-order valence-corrected chi connectivity index (χ0v) is 22.0. The smallest absolute Gasteiger partial charge is 0.227 e. The lowest BCUT2D eigenvalue weighted by Gasteiger charge is -2.22. The molecule has 6 rings (SSSR count). The molecule has 1 unspecified atom stereocenters. The Bertz CT molecular complexity index is 1480. The number of imidazole rings is 1. The molecule has 196 valence electrons. The summed E-state index contributed by atoms with van der Waals surface area (Å²) in [5, 5.41) is 0. The lowest BCUT2D eigenvalue weighted by molar-refractivity contribution is -0.117. The van der Waals surface area contributed by atoms with Gasteiger partial charge in [-0.05, 0) is 62.6 Å². The molecule has 38 heavy (non-hydrogen) atoms. The first-order chi connectivity index (χ1) is 18.6. The molecule has 1 amide bonds. The Morgan fingerprint density at radius 2 is 1.82 bits per heavy atom. The average Bonchev–Trinajstić information content (AvgIpc) is 3.49. The van der Waals surface area contributed by atoms with E-state index in [1.807, 2.05) is 35.2 Å². The minimum absolute atomic E-state index is 0.0227. The topological polar surface area (TPSA) is 65.8 Å². The highest BCUT2D eigenvalue weighted by Gasteiger charge is 2.35. The molecule has 1 aromatic heterocycles. The lowest BCUT2D eigenvalue weighted by Crippen LogP contribution is -2.25. The molecule has 2 aliphatic heterocycles. The van der Waals surface area contributed by atoms with E-state index in [1.54, 1.807) is 0 Å².